The van der Waals surface area contributed by atoms with E-state index in [4.69, 9.17) is 0 Å². The highest BCUT2D eigenvalue weighted by atomic mass is 79.9. The van der Waals surface area contributed by atoms with Crippen molar-refractivity contribution in [1.82, 2.24) is 15.0 Å². The van der Waals surface area contributed by atoms with Gasteiger partial charge in [-0.15, -0.1) is 0 Å². The van der Waals surface area contributed by atoms with Gasteiger partial charge in [-0.25, -0.2) is 5.43 Å². The summed E-state index contributed by atoms with van der Waals surface area (Å²) >= 11 is 3.18. The summed E-state index contributed by atoms with van der Waals surface area (Å²) in [5.41, 5.74) is 3.44. The number of rotatable bonds is 6. The number of hydrogen-bond acceptors (Lipinski definition) is 9. The van der Waals surface area contributed by atoms with Crippen molar-refractivity contribution in [2.45, 2.75) is 25.7 Å². The lowest BCUT2D eigenvalue weighted by atomic mass is 10.2. The van der Waals surface area contributed by atoms with Crippen LogP contribution in [0.15, 0.2) is 27.8 Å². The van der Waals surface area contributed by atoms with Gasteiger partial charge in [-0.1, -0.05) is 6.07 Å². The zero-order valence-corrected chi connectivity index (χ0v) is 17.4. The summed E-state index contributed by atoms with van der Waals surface area (Å²) in [6.45, 7) is 3.76. The van der Waals surface area contributed by atoms with Crippen molar-refractivity contribution in [1.29, 1.82) is 0 Å². The standard InChI is InChI=1S/C18H21BrN8O2/c19-14-6-5-13(11-15(14)27(28)29)12-20-24-16-21-17(25-7-1-2-8-25)23-18(22-16)26-9-3-4-10-26/h5-6,11-12H,1-4,7-10H2,(H,21,22,23,24)/b20-12-. The molecule has 1 N–H and O–H groups in total. The Labute approximate surface area is 176 Å². The third-order valence-corrected chi connectivity index (χ3v) is 5.61. The number of anilines is 3. The first-order chi connectivity index (χ1) is 14.1. The van der Waals surface area contributed by atoms with E-state index in [1.54, 1.807) is 12.1 Å². The van der Waals surface area contributed by atoms with Crippen LogP contribution < -0.4 is 15.2 Å². The van der Waals surface area contributed by atoms with E-state index in [0.29, 0.717) is 27.9 Å². The maximum atomic E-state index is 11.1. The van der Waals surface area contributed by atoms with E-state index in [-0.39, 0.29) is 5.69 Å². The predicted molar refractivity (Wildman–Crippen MR) is 115 cm³/mol. The molecule has 2 aliphatic heterocycles. The van der Waals surface area contributed by atoms with Gasteiger partial charge in [0.2, 0.25) is 17.8 Å². The summed E-state index contributed by atoms with van der Waals surface area (Å²) < 4.78 is 0.426. The van der Waals surface area contributed by atoms with Gasteiger partial charge in [0.25, 0.3) is 5.69 Å². The number of nitro benzene ring substituents is 1. The molecule has 10 nitrogen and oxygen atoms in total. The van der Waals surface area contributed by atoms with E-state index in [9.17, 15) is 10.1 Å². The Hall–Kier alpha value is -2.82. The zero-order valence-electron chi connectivity index (χ0n) is 15.8. The molecule has 2 aromatic rings. The summed E-state index contributed by atoms with van der Waals surface area (Å²) in [5, 5.41) is 15.2. The van der Waals surface area contributed by atoms with Gasteiger partial charge < -0.3 is 9.80 Å². The highest BCUT2D eigenvalue weighted by molar-refractivity contribution is 9.10. The Kier molecular flexibility index (Phi) is 5.84. The van der Waals surface area contributed by atoms with Crippen molar-refractivity contribution in [2.75, 3.05) is 41.4 Å². The van der Waals surface area contributed by atoms with Gasteiger partial charge >= 0.3 is 0 Å². The van der Waals surface area contributed by atoms with Crippen molar-refractivity contribution in [3.8, 4) is 0 Å². The van der Waals surface area contributed by atoms with Gasteiger partial charge in [0.1, 0.15) is 0 Å². The Bertz CT molecular complexity index is 892. The minimum Gasteiger partial charge on any atom is -0.341 e. The van der Waals surface area contributed by atoms with E-state index in [2.05, 4.69) is 51.2 Å². The molecule has 0 radical (unpaired) electrons. The van der Waals surface area contributed by atoms with E-state index in [1.165, 1.54) is 12.3 Å². The monoisotopic (exact) mass is 460 g/mol. The van der Waals surface area contributed by atoms with Crippen LogP contribution in [0.3, 0.4) is 0 Å². The topological polar surface area (TPSA) is 113 Å². The van der Waals surface area contributed by atoms with Crippen LogP contribution in [0.4, 0.5) is 23.5 Å². The van der Waals surface area contributed by atoms with Crippen molar-refractivity contribution in [3.63, 3.8) is 0 Å². The van der Waals surface area contributed by atoms with E-state index >= 15 is 0 Å². The first-order valence-corrected chi connectivity index (χ1v) is 10.4. The van der Waals surface area contributed by atoms with Crippen LogP contribution in [0, 0.1) is 10.1 Å². The Balaban J connectivity index is 1.55. The maximum Gasteiger partial charge on any atom is 0.284 e. The number of aromatic nitrogens is 3. The van der Waals surface area contributed by atoms with Crippen molar-refractivity contribution in [3.05, 3.63) is 38.3 Å². The van der Waals surface area contributed by atoms with Crippen molar-refractivity contribution >= 4 is 45.7 Å². The van der Waals surface area contributed by atoms with Crippen LogP contribution in [0.2, 0.25) is 0 Å². The lowest BCUT2D eigenvalue weighted by Crippen LogP contribution is -2.25. The van der Waals surface area contributed by atoms with Crippen molar-refractivity contribution < 1.29 is 4.92 Å². The smallest absolute Gasteiger partial charge is 0.284 e. The van der Waals surface area contributed by atoms with Crippen LogP contribution in [0.5, 0.6) is 0 Å². The molecule has 0 aliphatic carbocycles. The number of nitrogens with one attached hydrogen (secondary N) is 1. The van der Waals surface area contributed by atoms with Crippen LogP contribution in [-0.4, -0.2) is 52.3 Å². The number of benzene rings is 1. The Morgan fingerprint density at radius 3 is 2.17 bits per heavy atom. The molecule has 2 aliphatic rings. The van der Waals surface area contributed by atoms with Gasteiger partial charge in [-0.3, -0.25) is 10.1 Å². The molecule has 0 amide bonds. The fourth-order valence-electron chi connectivity index (χ4n) is 3.44. The third-order valence-electron chi connectivity index (χ3n) is 4.93. The lowest BCUT2D eigenvalue weighted by Gasteiger charge is -2.20. The van der Waals surface area contributed by atoms with Gasteiger partial charge in [0, 0.05) is 37.8 Å². The largest absolute Gasteiger partial charge is 0.341 e. The first kappa shape index (κ1) is 19.5. The van der Waals surface area contributed by atoms with E-state index < -0.39 is 4.92 Å². The number of nitro groups is 1. The molecule has 11 heteroatoms. The summed E-state index contributed by atoms with van der Waals surface area (Å²) in [6.07, 6.45) is 6.04. The third kappa shape index (κ3) is 4.61. The molecule has 2 fully saturated rings. The molecule has 152 valence electrons. The second-order valence-electron chi connectivity index (χ2n) is 6.99. The highest BCUT2D eigenvalue weighted by Gasteiger charge is 2.21. The van der Waals surface area contributed by atoms with Crippen LogP contribution in [0.1, 0.15) is 31.2 Å². The quantitative estimate of drug-likeness (QED) is 0.397. The van der Waals surface area contributed by atoms with Gasteiger partial charge in [-0.05, 0) is 47.7 Å². The number of hydrazone groups is 1. The molecule has 0 saturated carbocycles. The molecule has 29 heavy (non-hydrogen) atoms. The minimum absolute atomic E-state index is 0.0123. The van der Waals surface area contributed by atoms with Gasteiger partial charge in [0.05, 0.1) is 15.6 Å². The maximum absolute atomic E-state index is 11.1. The van der Waals surface area contributed by atoms with E-state index in [1.807, 2.05) is 0 Å². The minimum atomic E-state index is -0.439. The summed E-state index contributed by atoms with van der Waals surface area (Å²) in [6, 6.07) is 4.81. The number of halogens is 1. The second kappa shape index (κ2) is 8.68. The summed E-state index contributed by atoms with van der Waals surface area (Å²) in [7, 11) is 0. The Morgan fingerprint density at radius 2 is 1.62 bits per heavy atom. The zero-order chi connectivity index (χ0) is 20.2. The fraction of sp³-hybridized carbons (Fsp3) is 0.444. The lowest BCUT2D eigenvalue weighted by molar-refractivity contribution is -0.385. The van der Waals surface area contributed by atoms with Gasteiger partial charge in [-0.2, -0.15) is 20.1 Å². The normalized spacial score (nSPS) is 16.7. The second-order valence-corrected chi connectivity index (χ2v) is 7.84. The summed E-state index contributed by atoms with van der Waals surface area (Å²) in [5.74, 6) is 1.69. The van der Waals surface area contributed by atoms with Crippen LogP contribution in [0.25, 0.3) is 0 Å². The molecule has 0 atom stereocenters. The molecular formula is C18H21BrN8O2. The molecular weight excluding hydrogens is 440 g/mol. The number of hydrogen-bond donors (Lipinski definition) is 1. The first-order valence-electron chi connectivity index (χ1n) is 9.59. The SMILES string of the molecule is O=[N+]([O-])c1cc(/C=N\Nc2nc(N3CCCC3)nc(N3CCCC3)n2)ccc1Br. The molecule has 4 rings (SSSR count). The average Bonchev–Trinajstić information content (AvgIpc) is 3.43. The molecule has 0 unspecified atom stereocenters. The summed E-state index contributed by atoms with van der Waals surface area (Å²) in [4.78, 5) is 28.6. The Morgan fingerprint density at radius 1 is 1.03 bits per heavy atom. The molecule has 0 spiro atoms. The predicted octanol–water partition coefficient (Wildman–Crippen LogP) is 3.19. The van der Waals surface area contributed by atoms with Crippen molar-refractivity contribution in [2.24, 2.45) is 5.10 Å². The molecule has 0 bridgehead atoms. The average molecular weight is 461 g/mol. The highest BCUT2D eigenvalue weighted by Crippen LogP contribution is 2.25. The fourth-order valence-corrected chi connectivity index (χ4v) is 3.83. The molecule has 3 heterocycles. The van der Waals surface area contributed by atoms with Crippen LogP contribution in [-0.2, 0) is 0 Å². The molecule has 2 saturated heterocycles. The van der Waals surface area contributed by atoms with E-state index in [0.717, 1.165) is 51.9 Å². The molecule has 1 aromatic heterocycles. The molecule has 1 aromatic carbocycles. The number of nitrogens with zero attached hydrogens (tertiary/aromatic N) is 7. The van der Waals surface area contributed by atoms with Gasteiger partial charge in [0.15, 0.2) is 0 Å². The van der Waals surface area contributed by atoms with Crippen LogP contribution >= 0.6 is 15.9 Å².